The molecule has 0 aliphatic carbocycles. The van der Waals surface area contributed by atoms with E-state index in [1.165, 1.54) is 0 Å². The summed E-state index contributed by atoms with van der Waals surface area (Å²) in [6.45, 7) is 0. The molecular formula is C7H2I4O4. The molecule has 1 aromatic rings. The number of rotatable bonds is 2. The van der Waals surface area contributed by atoms with E-state index in [-0.39, 0.29) is 17.1 Å². The van der Waals surface area contributed by atoms with Gasteiger partial charge in [0, 0.05) is 7.14 Å². The summed E-state index contributed by atoms with van der Waals surface area (Å²) in [6, 6.07) is 0. The highest BCUT2D eigenvalue weighted by Gasteiger charge is 2.25. The van der Waals surface area contributed by atoms with Gasteiger partial charge in [-0.3, -0.25) is 0 Å². The second-order valence-corrected chi connectivity index (χ2v) is 6.05. The number of carboxylic acids is 1. The first-order valence-electron chi connectivity index (χ1n) is 3.33. The molecule has 0 atom stereocenters. The van der Waals surface area contributed by atoms with Gasteiger partial charge in [0.1, 0.15) is 5.56 Å². The van der Waals surface area contributed by atoms with Gasteiger partial charge in [0.2, 0.25) is 0 Å². The van der Waals surface area contributed by atoms with Crippen molar-refractivity contribution in [2.75, 3.05) is 0 Å². The first-order chi connectivity index (χ1) is 6.91. The van der Waals surface area contributed by atoms with E-state index in [1.807, 2.05) is 67.8 Å². The van der Waals surface area contributed by atoms with Crippen LogP contribution in [-0.2, 0) is 0 Å². The Bertz CT molecular complexity index is 432. The van der Waals surface area contributed by atoms with Crippen LogP contribution in [0, 0.1) is 10.7 Å². The number of carbonyl (C=O) groups is 1. The van der Waals surface area contributed by atoms with Crippen molar-refractivity contribution >= 4 is 96.7 Å². The second kappa shape index (κ2) is 5.70. The molecule has 2 N–H and O–H groups in total. The molecule has 1 aromatic carbocycles. The molecule has 15 heavy (non-hydrogen) atoms. The molecule has 0 saturated heterocycles. The van der Waals surface area contributed by atoms with Gasteiger partial charge >= 0.3 is 5.97 Å². The summed E-state index contributed by atoms with van der Waals surface area (Å²) >= 11 is 7.52. The molecule has 4 nitrogen and oxygen atoms in total. The van der Waals surface area contributed by atoms with Crippen LogP contribution in [0.25, 0.3) is 0 Å². The maximum absolute atomic E-state index is 10.9. The third-order valence-electron chi connectivity index (χ3n) is 1.55. The summed E-state index contributed by atoms with van der Waals surface area (Å²) < 4.78 is 6.92. The molecule has 8 heteroatoms. The van der Waals surface area contributed by atoms with Crippen LogP contribution in [0.1, 0.15) is 10.4 Å². The molecule has 0 heterocycles. The standard InChI is InChI=1S/C7H2I4O4/c8-2-1(7(13)14)5(12)6(15-11)4(10)3(2)9/h12H,(H,13,14). The Hall–Kier alpha value is 1.21. The number of carboxylic acid groups (broad SMARTS) is 1. The van der Waals surface area contributed by atoms with Crippen LogP contribution in [-0.4, -0.2) is 16.2 Å². The predicted octanol–water partition coefficient (Wildman–Crippen LogP) is 3.63. The lowest BCUT2D eigenvalue weighted by Crippen LogP contribution is -2.05. The van der Waals surface area contributed by atoms with Crippen molar-refractivity contribution in [1.29, 1.82) is 0 Å². The largest absolute Gasteiger partial charge is 0.504 e. The van der Waals surface area contributed by atoms with Crippen molar-refractivity contribution in [3.63, 3.8) is 0 Å². The van der Waals surface area contributed by atoms with Gasteiger partial charge < -0.3 is 13.3 Å². The highest BCUT2D eigenvalue weighted by atomic mass is 127. The van der Waals surface area contributed by atoms with Crippen LogP contribution in [0.5, 0.6) is 11.5 Å². The van der Waals surface area contributed by atoms with Crippen LogP contribution in [0.2, 0.25) is 0 Å². The number of aromatic carboxylic acids is 1. The smallest absolute Gasteiger partial charge is 0.340 e. The minimum Gasteiger partial charge on any atom is -0.504 e. The number of benzene rings is 1. The van der Waals surface area contributed by atoms with Crippen molar-refractivity contribution in [3.8, 4) is 11.5 Å². The van der Waals surface area contributed by atoms with Gasteiger partial charge in [0.05, 0.1) is 3.57 Å². The Morgan fingerprint density at radius 1 is 1.13 bits per heavy atom. The molecule has 82 valence electrons. The van der Waals surface area contributed by atoms with E-state index in [0.29, 0.717) is 7.14 Å². The summed E-state index contributed by atoms with van der Waals surface area (Å²) in [5, 5.41) is 18.7. The van der Waals surface area contributed by atoms with E-state index in [2.05, 4.69) is 0 Å². The number of hydrogen-bond acceptors (Lipinski definition) is 3. The van der Waals surface area contributed by atoms with Crippen LogP contribution in [0.4, 0.5) is 0 Å². The Balaban J connectivity index is 3.68. The summed E-state index contributed by atoms with van der Waals surface area (Å²) in [5.41, 5.74) is -0.118. The maximum Gasteiger partial charge on any atom is 0.340 e. The van der Waals surface area contributed by atoms with Gasteiger partial charge in [-0.2, -0.15) is 0 Å². The van der Waals surface area contributed by atoms with Gasteiger partial charge in [-0.15, -0.1) is 0 Å². The maximum atomic E-state index is 10.9. The average molecular weight is 658 g/mol. The molecule has 0 unspecified atom stereocenters. The van der Waals surface area contributed by atoms with E-state index in [1.54, 1.807) is 23.0 Å². The Morgan fingerprint density at radius 3 is 2.07 bits per heavy atom. The van der Waals surface area contributed by atoms with Crippen molar-refractivity contribution in [3.05, 3.63) is 16.3 Å². The Kier molecular flexibility index (Phi) is 5.42. The molecular weight excluding hydrogens is 656 g/mol. The first kappa shape index (κ1) is 14.3. The fourth-order valence-corrected chi connectivity index (χ4v) is 4.16. The van der Waals surface area contributed by atoms with E-state index in [4.69, 9.17) is 8.17 Å². The molecule has 0 aliphatic heterocycles. The fraction of sp³-hybridized carbons (Fsp3) is 0. The van der Waals surface area contributed by atoms with Crippen LogP contribution < -0.4 is 3.07 Å². The molecule has 0 aliphatic rings. The summed E-state index contributed by atoms with van der Waals surface area (Å²) in [5.74, 6) is -1.30. The SMILES string of the molecule is O=C(O)c1c(O)c(OI)c(I)c(I)c1I. The third kappa shape index (κ3) is 2.72. The molecule has 0 saturated carbocycles. The molecule has 1 rings (SSSR count). The average Bonchev–Trinajstić information content (AvgIpc) is 2.15. The lowest BCUT2D eigenvalue weighted by Gasteiger charge is -2.11. The lowest BCUT2D eigenvalue weighted by molar-refractivity contribution is 0.0692. The van der Waals surface area contributed by atoms with Crippen LogP contribution in [0.3, 0.4) is 0 Å². The van der Waals surface area contributed by atoms with Crippen LogP contribution in [0.15, 0.2) is 0 Å². The third-order valence-corrected chi connectivity index (χ3v) is 7.24. The monoisotopic (exact) mass is 658 g/mol. The van der Waals surface area contributed by atoms with Gasteiger partial charge in [-0.1, -0.05) is 0 Å². The quantitative estimate of drug-likeness (QED) is 0.377. The summed E-state index contributed by atoms with van der Waals surface area (Å²) in [6.07, 6.45) is 0. The van der Waals surface area contributed by atoms with Crippen molar-refractivity contribution in [2.24, 2.45) is 0 Å². The van der Waals surface area contributed by atoms with E-state index in [9.17, 15) is 9.90 Å². The lowest BCUT2D eigenvalue weighted by atomic mass is 10.2. The zero-order valence-electron chi connectivity index (χ0n) is 6.72. The van der Waals surface area contributed by atoms with Crippen molar-refractivity contribution in [1.82, 2.24) is 0 Å². The van der Waals surface area contributed by atoms with E-state index >= 15 is 0 Å². The summed E-state index contributed by atoms with van der Waals surface area (Å²) in [7, 11) is 0. The number of phenols is 1. The zero-order valence-corrected chi connectivity index (χ0v) is 15.4. The van der Waals surface area contributed by atoms with Crippen LogP contribution >= 0.6 is 90.8 Å². The normalized spacial score (nSPS) is 10.1. The van der Waals surface area contributed by atoms with Crippen molar-refractivity contribution in [2.45, 2.75) is 0 Å². The minimum absolute atomic E-state index is 0.118. The molecule has 0 fully saturated rings. The highest BCUT2D eigenvalue weighted by Crippen LogP contribution is 2.42. The molecule has 0 amide bonds. The predicted molar refractivity (Wildman–Crippen MR) is 87.9 cm³/mol. The van der Waals surface area contributed by atoms with Gasteiger partial charge in [-0.05, 0) is 67.8 Å². The Labute approximate surface area is 140 Å². The Morgan fingerprint density at radius 2 is 1.67 bits per heavy atom. The van der Waals surface area contributed by atoms with Gasteiger partial charge in [0.15, 0.2) is 34.5 Å². The van der Waals surface area contributed by atoms with Crippen molar-refractivity contribution < 1.29 is 18.1 Å². The van der Waals surface area contributed by atoms with E-state index < -0.39 is 5.97 Å². The molecule has 0 spiro atoms. The van der Waals surface area contributed by atoms with E-state index in [0.717, 1.165) is 3.57 Å². The number of halogens is 4. The zero-order chi connectivity index (χ0) is 11.7. The highest BCUT2D eigenvalue weighted by molar-refractivity contribution is 14.1. The van der Waals surface area contributed by atoms with Gasteiger partial charge in [0.25, 0.3) is 0 Å². The fourth-order valence-electron chi connectivity index (χ4n) is 0.893. The topological polar surface area (TPSA) is 66.8 Å². The number of hydrogen-bond donors (Lipinski definition) is 2. The molecule has 0 radical (unpaired) electrons. The summed E-state index contributed by atoms with van der Waals surface area (Å²) in [4.78, 5) is 10.9. The number of aromatic hydroxyl groups is 1. The first-order valence-corrected chi connectivity index (χ1v) is 7.44. The second-order valence-electron chi connectivity index (χ2n) is 2.38. The molecule has 0 bridgehead atoms. The van der Waals surface area contributed by atoms with Gasteiger partial charge in [-0.25, -0.2) is 4.79 Å². The molecule has 0 aromatic heterocycles. The minimum atomic E-state index is -1.17.